The van der Waals surface area contributed by atoms with Gasteiger partial charge in [0.1, 0.15) is 18.0 Å². The van der Waals surface area contributed by atoms with Gasteiger partial charge in [0.15, 0.2) is 0 Å². The van der Waals surface area contributed by atoms with Crippen LogP contribution in [0.4, 0.5) is 4.79 Å². The largest absolute Gasteiger partial charge is 0.487 e. The zero-order valence-electron chi connectivity index (χ0n) is 17.4. The van der Waals surface area contributed by atoms with E-state index in [0.717, 1.165) is 11.3 Å². The van der Waals surface area contributed by atoms with Gasteiger partial charge in [-0.2, -0.15) is 0 Å². The number of ether oxygens (including phenoxy) is 2. The van der Waals surface area contributed by atoms with Crippen LogP contribution in [0, 0.1) is 0 Å². The van der Waals surface area contributed by atoms with Crippen molar-refractivity contribution in [2.45, 2.75) is 52.4 Å². The van der Waals surface area contributed by atoms with E-state index in [1.54, 1.807) is 27.0 Å². The third-order valence-electron chi connectivity index (χ3n) is 3.87. The van der Waals surface area contributed by atoms with Crippen LogP contribution in [-0.4, -0.2) is 29.1 Å². The third-order valence-corrected chi connectivity index (χ3v) is 3.87. The molecule has 2 amide bonds. The van der Waals surface area contributed by atoms with E-state index in [4.69, 9.17) is 9.47 Å². The number of carbonyl (C=O) groups is 2. The number of carbonyl (C=O) groups excluding carboxylic acids is 2. The van der Waals surface area contributed by atoms with E-state index in [1.807, 2.05) is 49.4 Å². The minimum Gasteiger partial charge on any atom is -0.487 e. The highest BCUT2D eigenvalue weighted by Gasteiger charge is 2.16. The van der Waals surface area contributed by atoms with Gasteiger partial charge in [-0.1, -0.05) is 18.2 Å². The monoisotopic (exact) mass is 399 g/mol. The Labute approximate surface area is 171 Å². The van der Waals surface area contributed by atoms with Crippen LogP contribution >= 0.6 is 0 Å². The van der Waals surface area contributed by atoms with Crippen LogP contribution in [0.2, 0.25) is 0 Å². The number of benzene rings is 1. The van der Waals surface area contributed by atoms with E-state index >= 15 is 0 Å². The first-order chi connectivity index (χ1) is 13.7. The fourth-order valence-corrected chi connectivity index (χ4v) is 2.50. The molecule has 2 N–H and O–H groups in total. The maximum Gasteiger partial charge on any atom is 0.407 e. The molecule has 7 nitrogen and oxygen atoms in total. The summed E-state index contributed by atoms with van der Waals surface area (Å²) in [5.74, 6) is 0.550. The van der Waals surface area contributed by atoms with Crippen LogP contribution in [0.15, 0.2) is 48.7 Å². The van der Waals surface area contributed by atoms with Gasteiger partial charge in [0.25, 0.3) is 0 Å². The van der Waals surface area contributed by atoms with Gasteiger partial charge in [-0.3, -0.25) is 9.78 Å². The summed E-state index contributed by atoms with van der Waals surface area (Å²) in [7, 11) is 0. The summed E-state index contributed by atoms with van der Waals surface area (Å²) < 4.78 is 10.9. The van der Waals surface area contributed by atoms with Gasteiger partial charge in [0.2, 0.25) is 5.91 Å². The number of amides is 2. The quantitative estimate of drug-likeness (QED) is 0.706. The normalized spacial score (nSPS) is 12.0. The van der Waals surface area contributed by atoms with E-state index in [-0.39, 0.29) is 24.9 Å². The van der Waals surface area contributed by atoms with Crippen LogP contribution in [0.25, 0.3) is 0 Å². The lowest BCUT2D eigenvalue weighted by molar-refractivity contribution is -0.121. The second-order valence-corrected chi connectivity index (χ2v) is 7.65. The molecule has 0 aliphatic rings. The molecule has 0 aliphatic carbocycles. The van der Waals surface area contributed by atoms with E-state index < -0.39 is 11.7 Å². The number of aromatic nitrogens is 1. The zero-order valence-corrected chi connectivity index (χ0v) is 17.4. The molecule has 1 aromatic heterocycles. The Balaban J connectivity index is 1.78. The van der Waals surface area contributed by atoms with Gasteiger partial charge in [-0.25, -0.2) is 4.79 Å². The molecule has 0 aliphatic heterocycles. The topological polar surface area (TPSA) is 89.6 Å². The minimum atomic E-state index is -0.565. The smallest absolute Gasteiger partial charge is 0.407 e. The summed E-state index contributed by atoms with van der Waals surface area (Å²) >= 11 is 0. The molecule has 0 saturated heterocycles. The molecule has 0 spiro atoms. The number of pyridine rings is 1. The Kier molecular flexibility index (Phi) is 8.00. The maximum absolute atomic E-state index is 12.1. The molecule has 29 heavy (non-hydrogen) atoms. The van der Waals surface area contributed by atoms with E-state index in [2.05, 4.69) is 15.6 Å². The molecule has 1 unspecified atom stereocenters. The highest BCUT2D eigenvalue weighted by Crippen LogP contribution is 2.20. The molecule has 7 heteroatoms. The predicted molar refractivity (Wildman–Crippen MR) is 110 cm³/mol. The molecule has 0 bridgehead atoms. The Morgan fingerprint density at radius 3 is 2.62 bits per heavy atom. The third kappa shape index (κ3) is 8.64. The molecule has 1 aromatic carbocycles. The molecule has 0 saturated carbocycles. The van der Waals surface area contributed by atoms with Crippen molar-refractivity contribution >= 4 is 12.0 Å². The van der Waals surface area contributed by atoms with Crippen molar-refractivity contribution < 1.29 is 19.1 Å². The molecule has 0 fully saturated rings. The lowest BCUT2D eigenvalue weighted by atomic mass is 10.1. The van der Waals surface area contributed by atoms with Crippen LogP contribution in [0.3, 0.4) is 0 Å². The lowest BCUT2D eigenvalue weighted by Crippen LogP contribution is -2.35. The number of rotatable bonds is 8. The predicted octanol–water partition coefficient (Wildman–Crippen LogP) is 3.75. The Morgan fingerprint density at radius 2 is 1.93 bits per heavy atom. The summed E-state index contributed by atoms with van der Waals surface area (Å²) in [5.41, 5.74) is 1.21. The summed E-state index contributed by atoms with van der Waals surface area (Å²) in [6, 6.07) is 13.1. The number of nitrogens with zero attached hydrogens (tertiary/aromatic N) is 1. The highest BCUT2D eigenvalue weighted by molar-refractivity contribution is 5.77. The number of nitrogens with one attached hydrogen (secondary N) is 2. The van der Waals surface area contributed by atoms with Crippen molar-refractivity contribution in [3.8, 4) is 5.75 Å². The maximum atomic E-state index is 12.1. The summed E-state index contributed by atoms with van der Waals surface area (Å²) in [6.07, 6.45) is 1.36. The fraction of sp³-hybridized carbons (Fsp3) is 0.409. The van der Waals surface area contributed by atoms with E-state index in [0.29, 0.717) is 12.4 Å². The highest BCUT2D eigenvalue weighted by atomic mass is 16.6. The van der Waals surface area contributed by atoms with E-state index in [1.165, 1.54) is 0 Å². The molecular formula is C22H29N3O4. The van der Waals surface area contributed by atoms with Crippen LogP contribution in [0.5, 0.6) is 5.75 Å². The van der Waals surface area contributed by atoms with Gasteiger partial charge in [0, 0.05) is 19.2 Å². The van der Waals surface area contributed by atoms with Crippen molar-refractivity contribution in [2.75, 3.05) is 6.54 Å². The Bertz CT molecular complexity index is 803. The second-order valence-electron chi connectivity index (χ2n) is 7.65. The molecule has 1 heterocycles. The van der Waals surface area contributed by atoms with Crippen molar-refractivity contribution in [3.05, 3.63) is 59.9 Å². The van der Waals surface area contributed by atoms with Crippen molar-refractivity contribution in [3.63, 3.8) is 0 Å². The molecule has 2 rings (SSSR count). The van der Waals surface area contributed by atoms with Gasteiger partial charge in [-0.05, 0) is 57.5 Å². The van der Waals surface area contributed by atoms with Gasteiger partial charge in [0.05, 0.1) is 11.7 Å². The second kappa shape index (κ2) is 10.5. The summed E-state index contributed by atoms with van der Waals surface area (Å²) in [4.78, 5) is 28.0. The minimum absolute atomic E-state index is 0.159. The fourth-order valence-electron chi connectivity index (χ4n) is 2.50. The van der Waals surface area contributed by atoms with Crippen LogP contribution in [-0.2, 0) is 16.1 Å². The molecule has 0 radical (unpaired) electrons. The Hall–Kier alpha value is -3.09. The first-order valence-corrected chi connectivity index (χ1v) is 9.62. The SMILES string of the molecule is CC(NC(=O)CCNC(=O)OC(C)(C)C)c1cccc(OCc2ccccn2)c1. The standard InChI is InChI=1S/C22H29N3O4/c1-16(25-20(26)11-13-24-21(27)29-22(2,3)4)17-8-7-10-19(14-17)28-15-18-9-5-6-12-23-18/h5-10,12,14,16H,11,13,15H2,1-4H3,(H,24,27)(H,25,26). The van der Waals surface area contributed by atoms with Gasteiger partial charge < -0.3 is 20.1 Å². The van der Waals surface area contributed by atoms with Gasteiger partial charge in [-0.15, -0.1) is 0 Å². The first-order valence-electron chi connectivity index (χ1n) is 9.62. The summed E-state index contributed by atoms with van der Waals surface area (Å²) in [5, 5.41) is 5.50. The average molecular weight is 399 g/mol. The van der Waals surface area contributed by atoms with Crippen LogP contribution < -0.4 is 15.4 Å². The zero-order chi connectivity index (χ0) is 21.3. The van der Waals surface area contributed by atoms with Crippen LogP contribution in [0.1, 0.15) is 51.4 Å². The molecule has 156 valence electrons. The van der Waals surface area contributed by atoms with Crippen molar-refractivity contribution in [1.82, 2.24) is 15.6 Å². The molecule has 2 aromatic rings. The number of hydrogen-bond acceptors (Lipinski definition) is 5. The first kappa shape index (κ1) is 22.2. The van der Waals surface area contributed by atoms with E-state index in [9.17, 15) is 9.59 Å². The average Bonchev–Trinajstić information content (AvgIpc) is 2.66. The number of alkyl carbamates (subject to hydrolysis) is 1. The van der Waals surface area contributed by atoms with Gasteiger partial charge >= 0.3 is 6.09 Å². The molecule has 1 atom stereocenters. The molecular weight excluding hydrogens is 370 g/mol. The summed E-state index contributed by atoms with van der Waals surface area (Å²) in [6.45, 7) is 7.85. The number of hydrogen-bond donors (Lipinski definition) is 2. The van der Waals surface area contributed by atoms with Crippen molar-refractivity contribution in [1.29, 1.82) is 0 Å². The van der Waals surface area contributed by atoms with Crippen molar-refractivity contribution in [2.24, 2.45) is 0 Å². The lowest BCUT2D eigenvalue weighted by Gasteiger charge is -2.20. The Morgan fingerprint density at radius 1 is 1.14 bits per heavy atom.